The molecule has 0 spiro atoms. The number of likely N-dealkylation sites (N-methyl/N-ethyl adjacent to an activating group) is 1. The van der Waals surface area contributed by atoms with Crippen molar-refractivity contribution in [2.75, 3.05) is 7.05 Å². The van der Waals surface area contributed by atoms with Crippen LogP contribution in [0.4, 0.5) is 0 Å². The van der Waals surface area contributed by atoms with E-state index < -0.39 is 0 Å². The summed E-state index contributed by atoms with van der Waals surface area (Å²) in [5.41, 5.74) is -0.00479. The van der Waals surface area contributed by atoms with Gasteiger partial charge in [0.1, 0.15) is 6.04 Å². The molecular weight excluding hydrogens is 154 g/mol. The molecule has 1 heterocycles. The van der Waals surface area contributed by atoms with Crippen LogP contribution in [0.15, 0.2) is 0 Å². The number of hydrogen-bond donors (Lipinski definition) is 0. The zero-order valence-electron chi connectivity index (χ0n) is 8.42. The summed E-state index contributed by atoms with van der Waals surface area (Å²) in [6.45, 7) is 8.08. The third-order valence-corrected chi connectivity index (χ3v) is 2.29. The second-order valence-electron chi connectivity index (χ2n) is 4.50. The molecule has 0 bridgehead atoms. The lowest BCUT2D eigenvalue weighted by molar-refractivity contribution is -0.147. The summed E-state index contributed by atoms with van der Waals surface area (Å²) in [7, 11) is 1.92. The first-order valence-corrected chi connectivity index (χ1v) is 4.26. The summed E-state index contributed by atoms with van der Waals surface area (Å²) in [6, 6.07) is -0.103. The van der Waals surface area contributed by atoms with Crippen LogP contribution in [0.3, 0.4) is 0 Å². The van der Waals surface area contributed by atoms with E-state index in [1.807, 2.05) is 18.9 Å². The number of ether oxygens (including phenoxy) is 1. The number of hydrogen-bond acceptors (Lipinski definition) is 3. The molecule has 1 aliphatic rings. The molecule has 1 fully saturated rings. The van der Waals surface area contributed by atoms with E-state index in [2.05, 4.69) is 20.8 Å². The Morgan fingerprint density at radius 1 is 1.42 bits per heavy atom. The van der Waals surface area contributed by atoms with Crippen molar-refractivity contribution in [3.8, 4) is 0 Å². The topological polar surface area (TPSA) is 29.5 Å². The van der Waals surface area contributed by atoms with Gasteiger partial charge in [0, 0.05) is 5.41 Å². The van der Waals surface area contributed by atoms with Gasteiger partial charge < -0.3 is 4.74 Å². The number of rotatable bonds is 0. The third-order valence-electron chi connectivity index (χ3n) is 2.29. The molecule has 70 valence electrons. The molecule has 2 atom stereocenters. The number of cyclic esters (lactones) is 1. The van der Waals surface area contributed by atoms with Gasteiger partial charge in [-0.05, 0) is 14.0 Å². The Morgan fingerprint density at radius 2 is 1.92 bits per heavy atom. The second-order valence-corrected chi connectivity index (χ2v) is 4.50. The molecular formula is C9H17NO2. The molecule has 0 aromatic rings. The van der Waals surface area contributed by atoms with Gasteiger partial charge in [-0.2, -0.15) is 0 Å². The SMILES string of the molecule is C[C@H]1C(=O)O[C@@H](C(C)(C)C)N1C. The molecule has 1 aliphatic heterocycles. The number of carbonyl (C=O) groups excluding carboxylic acids is 1. The first-order valence-electron chi connectivity index (χ1n) is 4.26. The highest BCUT2D eigenvalue weighted by atomic mass is 16.6. The van der Waals surface area contributed by atoms with E-state index in [1.165, 1.54) is 0 Å². The Hall–Kier alpha value is -0.570. The van der Waals surface area contributed by atoms with Crippen LogP contribution in [-0.4, -0.2) is 30.2 Å². The lowest BCUT2D eigenvalue weighted by Crippen LogP contribution is -2.40. The number of nitrogens with zero attached hydrogens (tertiary/aromatic N) is 1. The van der Waals surface area contributed by atoms with Crippen LogP contribution in [0.25, 0.3) is 0 Å². The first kappa shape index (κ1) is 9.52. The fourth-order valence-corrected chi connectivity index (χ4v) is 1.45. The highest BCUT2D eigenvalue weighted by molar-refractivity contribution is 5.77. The lowest BCUT2D eigenvalue weighted by Gasteiger charge is -2.30. The standard InChI is InChI=1S/C9H17NO2/c1-6-7(11)12-8(10(6)5)9(2,3)4/h6,8H,1-5H3/t6-,8-/m0/s1. The van der Waals surface area contributed by atoms with Gasteiger partial charge in [0.25, 0.3) is 0 Å². The zero-order chi connectivity index (χ0) is 9.52. The second kappa shape index (κ2) is 2.73. The van der Waals surface area contributed by atoms with E-state index in [0.29, 0.717) is 0 Å². The molecule has 0 aromatic heterocycles. The molecule has 0 radical (unpaired) electrons. The van der Waals surface area contributed by atoms with Crippen molar-refractivity contribution in [1.82, 2.24) is 4.90 Å². The van der Waals surface area contributed by atoms with Gasteiger partial charge in [0.2, 0.25) is 0 Å². The van der Waals surface area contributed by atoms with Crippen LogP contribution in [0.5, 0.6) is 0 Å². The Balaban J connectivity index is 2.78. The Morgan fingerprint density at radius 3 is 2.08 bits per heavy atom. The third kappa shape index (κ3) is 1.46. The summed E-state index contributed by atoms with van der Waals surface area (Å²) in [6.07, 6.45) is -0.0833. The van der Waals surface area contributed by atoms with Crippen LogP contribution in [-0.2, 0) is 9.53 Å². The van der Waals surface area contributed by atoms with Crippen LogP contribution in [0.1, 0.15) is 27.7 Å². The average molecular weight is 171 g/mol. The fraction of sp³-hybridized carbons (Fsp3) is 0.889. The summed E-state index contributed by atoms with van der Waals surface area (Å²) in [5, 5.41) is 0. The summed E-state index contributed by atoms with van der Waals surface area (Å²) < 4.78 is 5.24. The molecule has 0 N–H and O–H groups in total. The van der Waals surface area contributed by atoms with Gasteiger partial charge in [-0.3, -0.25) is 9.69 Å². The molecule has 3 nitrogen and oxygen atoms in total. The van der Waals surface area contributed by atoms with Gasteiger partial charge in [0.05, 0.1) is 0 Å². The van der Waals surface area contributed by atoms with Crippen molar-refractivity contribution < 1.29 is 9.53 Å². The largest absolute Gasteiger partial charge is 0.445 e. The Kier molecular flexibility index (Phi) is 2.17. The van der Waals surface area contributed by atoms with E-state index in [-0.39, 0.29) is 23.7 Å². The quantitative estimate of drug-likeness (QED) is 0.513. The van der Waals surface area contributed by atoms with Crippen molar-refractivity contribution in [3.05, 3.63) is 0 Å². The van der Waals surface area contributed by atoms with Crippen LogP contribution >= 0.6 is 0 Å². The summed E-state index contributed by atoms with van der Waals surface area (Å²) in [5.74, 6) is -0.113. The fourth-order valence-electron chi connectivity index (χ4n) is 1.45. The van der Waals surface area contributed by atoms with Gasteiger partial charge >= 0.3 is 5.97 Å². The van der Waals surface area contributed by atoms with Crippen molar-refractivity contribution in [2.24, 2.45) is 5.41 Å². The molecule has 1 saturated heterocycles. The minimum atomic E-state index is -0.113. The highest BCUT2D eigenvalue weighted by Gasteiger charge is 2.42. The van der Waals surface area contributed by atoms with Gasteiger partial charge in [-0.25, -0.2) is 0 Å². The predicted octanol–water partition coefficient (Wildman–Crippen LogP) is 1.24. The van der Waals surface area contributed by atoms with E-state index in [9.17, 15) is 4.79 Å². The molecule has 1 rings (SSSR count). The van der Waals surface area contributed by atoms with Gasteiger partial charge in [-0.1, -0.05) is 20.8 Å². The van der Waals surface area contributed by atoms with Crippen molar-refractivity contribution in [1.29, 1.82) is 0 Å². The van der Waals surface area contributed by atoms with Crippen molar-refractivity contribution in [3.63, 3.8) is 0 Å². The summed E-state index contributed by atoms with van der Waals surface area (Å²) >= 11 is 0. The number of esters is 1. The van der Waals surface area contributed by atoms with E-state index in [1.54, 1.807) is 0 Å². The minimum Gasteiger partial charge on any atom is -0.445 e. The summed E-state index contributed by atoms with van der Waals surface area (Å²) in [4.78, 5) is 13.2. The normalized spacial score (nSPS) is 32.2. The molecule has 3 heteroatoms. The maximum atomic E-state index is 11.2. The van der Waals surface area contributed by atoms with Crippen molar-refractivity contribution >= 4 is 5.97 Å². The Labute approximate surface area is 73.7 Å². The van der Waals surface area contributed by atoms with Crippen molar-refractivity contribution in [2.45, 2.75) is 40.0 Å². The molecule has 0 amide bonds. The average Bonchev–Trinajstić information content (AvgIpc) is 2.15. The Bertz CT molecular complexity index is 195. The minimum absolute atomic E-state index is 0.00479. The molecule has 0 unspecified atom stereocenters. The van der Waals surface area contributed by atoms with Crippen LogP contribution < -0.4 is 0 Å². The molecule has 0 saturated carbocycles. The smallest absolute Gasteiger partial charge is 0.324 e. The van der Waals surface area contributed by atoms with E-state index in [0.717, 1.165) is 0 Å². The maximum absolute atomic E-state index is 11.2. The maximum Gasteiger partial charge on any atom is 0.324 e. The van der Waals surface area contributed by atoms with Gasteiger partial charge in [0.15, 0.2) is 6.23 Å². The monoisotopic (exact) mass is 171 g/mol. The molecule has 12 heavy (non-hydrogen) atoms. The lowest BCUT2D eigenvalue weighted by atomic mass is 9.93. The van der Waals surface area contributed by atoms with E-state index >= 15 is 0 Å². The van der Waals surface area contributed by atoms with Crippen LogP contribution in [0, 0.1) is 5.41 Å². The first-order chi connectivity index (χ1) is 5.34. The zero-order valence-corrected chi connectivity index (χ0v) is 8.42. The highest BCUT2D eigenvalue weighted by Crippen LogP contribution is 2.30. The predicted molar refractivity (Wildman–Crippen MR) is 46.6 cm³/mol. The molecule has 0 aromatic carbocycles. The molecule has 0 aliphatic carbocycles. The number of carbonyl (C=O) groups is 1. The van der Waals surface area contributed by atoms with Gasteiger partial charge in [-0.15, -0.1) is 0 Å². The van der Waals surface area contributed by atoms with Crippen LogP contribution in [0.2, 0.25) is 0 Å². The van der Waals surface area contributed by atoms with E-state index in [4.69, 9.17) is 4.74 Å².